The summed E-state index contributed by atoms with van der Waals surface area (Å²) >= 11 is 0. The van der Waals surface area contributed by atoms with Gasteiger partial charge in [-0.2, -0.15) is 9.78 Å². The van der Waals surface area contributed by atoms with E-state index in [0.717, 1.165) is 25.0 Å². The molecule has 1 heterocycles. The maximum atomic E-state index is 12.6. The fraction of sp³-hybridized carbons (Fsp3) is 0.476. The Labute approximate surface area is 165 Å². The van der Waals surface area contributed by atoms with Gasteiger partial charge in [-0.15, -0.1) is 0 Å². The second-order valence-corrected chi connectivity index (χ2v) is 7.78. The van der Waals surface area contributed by atoms with E-state index in [9.17, 15) is 14.7 Å². The average Bonchev–Trinajstić information content (AvgIpc) is 3.40. The lowest BCUT2D eigenvalue weighted by Crippen LogP contribution is -2.36. The third-order valence-electron chi connectivity index (χ3n) is 4.97. The van der Waals surface area contributed by atoms with E-state index in [2.05, 4.69) is 15.7 Å². The molecule has 3 rings (SSSR count). The second-order valence-electron chi connectivity index (χ2n) is 7.78. The summed E-state index contributed by atoms with van der Waals surface area (Å²) in [6, 6.07) is 6.62. The van der Waals surface area contributed by atoms with Crippen LogP contribution in [-0.2, 0) is 4.79 Å². The highest BCUT2D eigenvalue weighted by Gasteiger charge is 2.31. The largest absolute Gasteiger partial charge is 0.507 e. The molecule has 3 N–H and O–H groups in total. The molecule has 0 bridgehead atoms. The quantitative estimate of drug-likeness (QED) is 0.699. The van der Waals surface area contributed by atoms with E-state index >= 15 is 0 Å². The Bertz CT molecular complexity index is 884. The Hall–Kier alpha value is -2.83. The number of carbonyl (C=O) groups excluding carboxylic acids is 2. The van der Waals surface area contributed by atoms with Crippen LogP contribution in [0.4, 0.5) is 10.5 Å². The molecule has 7 nitrogen and oxygen atoms in total. The maximum Gasteiger partial charge on any atom is 0.342 e. The maximum absolute atomic E-state index is 12.6. The molecule has 150 valence electrons. The summed E-state index contributed by atoms with van der Waals surface area (Å²) in [4.78, 5) is 24.5. The van der Waals surface area contributed by atoms with Gasteiger partial charge in [0.05, 0.1) is 11.4 Å². The van der Waals surface area contributed by atoms with Crippen molar-refractivity contribution in [1.29, 1.82) is 0 Å². The van der Waals surface area contributed by atoms with Crippen LogP contribution in [-0.4, -0.2) is 32.9 Å². The van der Waals surface area contributed by atoms with E-state index in [4.69, 9.17) is 0 Å². The zero-order valence-corrected chi connectivity index (χ0v) is 16.8. The van der Waals surface area contributed by atoms with E-state index in [1.807, 2.05) is 19.9 Å². The van der Waals surface area contributed by atoms with Gasteiger partial charge in [-0.3, -0.25) is 4.79 Å². The minimum atomic E-state index is -0.247. The van der Waals surface area contributed by atoms with E-state index in [-0.39, 0.29) is 29.6 Å². The number of aromatic nitrogens is 2. The van der Waals surface area contributed by atoms with Crippen LogP contribution in [0, 0.1) is 5.92 Å². The van der Waals surface area contributed by atoms with Gasteiger partial charge in [-0.25, -0.2) is 4.79 Å². The summed E-state index contributed by atoms with van der Waals surface area (Å²) in [7, 11) is 0. The molecule has 1 aromatic carbocycles. The van der Waals surface area contributed by atoms with Crippen molar-refractivity contribution in [3.63, 3.8) is 0 Å². The Morgan fingerprint density at radius 3 is 2.54 bits per heavy atom. The highest BCUT2D eigenvalue weighted by molar-refractivity contribution is 5.92. The molecule has 1 unspecified atom stereocenters. The number of benzene rings is 1. The van der Waals surface area contributed by atoms with Crippen LogP contribution in [0.25, 0.3) is 11.3 Å². The molecule has 0 radical (unpaired) electrons. The number of phenols is 1. The van der Waals surface area contributed by atoms with E-state index < -0.39 is 0 Å². The first-order chi connectivity index (χ1) is 13.3. The van der Waals surface area contributed by atoms with Crippen LogP contribution in [0.15, 0.2) is 24.3 Å². The van der Waals surface area contributed by atoms with Gasteiger partial charge in [-0.05, 0) is 44.4 Å². The number of phenolic OH excluding ortho intramolecular Hbond substituents is 1. The summed E-state index contributed by atoms with van der Waals surface area (Å²) in [6.07, 6.45) is 2.91. The molecular weight excluding hydrogens is 356 g/mol. The summed E-state index contributed by atoms with van der Waals surface area (Å²) in [5.74, 6) is 0.0726. The normalized spacial score (nSPS) is 14.8. The van der Waals surface area contributed by atoms with Crippen molar-refractivity contribution >= 4 is 17.6 Å². The van der Waals surface area contributed by atoms with E-state index in [1.165, 1.54) is 10.7 Å². The number of anilines is 1. The number of aromatic hydroxyl groups is 1. The van der Waals surface area contributed by atoms with Crippen molar-refractivity contribution in [2.75, 3.05) is 5.32 Å². The molecule has 1 aliphatic carbocycles. The lowest BCUT2D eigenvalue weighted by molar-refractivity contribution is -0.118. The van der Waals surface area contributed by atoms with Crippen molar-refractivity contribution in [2.24, 2.45) is 5.92 Å². The molecule has 0 saturated heterocycles. The highest BCUT2D eigenvalue weighted by atomic mass is 16.3. The Morgan fingerprint density at radius 2 is 1.96 bits per heavy atom. The third-order valence-corrected chi connectivity index (χ3v) is 4.97. The molecule has 1 atom stereocenters. The van der Waals surface area contributed by atoms with Crippen LogP contribution < -0.4 is 10.6 Å². The zero-order chi connectivity index (χ0) is 20.4. The zero-order valence-electron chi connectivity index (χ0n) is 16.8. The predicted molar refractivity (Wildman–Crippen MR) is 108 cm³/mol. The Morgan fingerprint density at radius 1 is 1.25 bits per heavy atom. The molecule has 2 aromatic rings. The van der Waals surface area contributed by atoms with Gasteiger partial charge in [0.2, 0.25) is 5.91 Å². The second kappa shape index (κ2) is 8.04. The highest BCUT2D eigenvalue weighted by Crippen LogP contribution is 2.42. The number of rotatable bonds is 6. The van der Waals surface area contributed by atoms with Crippen LogP contribution >= 0.6 is 0 Å². The Balaban J connectivity index is 1.88. The molecule has 0 spiro atoms. The van der Waals surface area contributed by atoms with E-state index in [1.54, 1.807) is 26.0 Å². The number of hydrogen-bond acceptors (Lipinski definition) is 4. The summed E-state index contributed by atoms with van der Waals surface area (Å²) in [5, 5.41) is 20.6. The lowest BCUT2D eigenvalue weighted by atomic mass is 10.1. The molecule has 28 heavy (non-hydrogen) atoms. The first kappa shape index (κ1) is 19.9. The van der Waals surface area contributed by atoms with Gasteiger partial charge >= 0.3 is 6.03 Å². The average molecular weight is 384 g/mol. The number of nitrogens with one attached hydrogen (secondary N) is 2. The summed E-state index contributed by atoms with van der Waals surface area (Å²) < 4.78 is 1.42. The fourth-order valence-corrected chi connectivity index (χ4v) is 2.85. The van der Waals surface area contributed by atoms with Crippen molar-refractivity contribution in [1.82, 2.24) is 15.1 Å². The third kappa shape index (κ3) is 4.35. The molecule has 1 fully saturated rings. The summed E-state index contributed by atoms with van der Waals surface area (Å²) in [6.45, 7) is 7.58. The molecular formula is C21H28N4O3. The topological polar surface area (TPSA) is 96.3 Å². The number of nitrogens with zero attached hydrogens (tertiary/aromatic N) is 2. The number of amides is 2. The molecule has 2 amide bonds. The monoisotopic (exact) mass is 384 g/mol. The van der Waals surface area contributed by atoms with Gasteiger partial charge in [0.25, 0.3) is 0 Å². The van der Waals surface area contributed by atoms with Crippen LogP contribution in [0.5, 0.6) is 5.75 Å². The number of carbonyl (C=O) groups is 2. The smallest absolute Gasteiger partial charge is 0.342 e. The first-order valence-corrected chi connectivity index (χ1v) is 9.85. The number of hydrogen-bond donors (Lipinski definition) is 3. The van der Waals surface area contributed by atoms with Crippen LogP contribution in [0.1, 0.15) is 58.6 Å². The van der Waals surface area contributed by atoms with Crippen molar-refractivity contribution in [2.45, 2.75) is 58.9 Å². The molecule has 1 aromatic heterocycles. The Kier molecular flexibility index (Phi) is 5.72. The van der Waals surface area contributed by atoms with Crippen molar-refractivity contribution < 1.29 is 14.7 Å². The molecule has 0 aliphatic heterocycles. The van der Waals surface area contributed by atoms with Gasteiger partial charge in [-0.1, -0.05) is 20.8 Å². The predicted octanol–water partition coefficient (Wildman–Crippen LogP) is 4.08. The summed E-state index contributed by atoms with van der Waals surface area (Å²) in [5.41, 5.74) is 2.46. The first-order valence-electron chi connectivity index (χ1n) is 9.85. The standard InChI is InChI=1S/C21H28N4O3/c1-5-13(4)22-21(28)25-18(14-6-7-14)11-17(24-25)16-9-8-15(10-19(16)26)23-20(27)12(2)3/h8-14,26H,5-7H2,1-4H3,(H,22,28)(H,23,27). The van der Waals surface area contributed by atoms with Gasteiger partial charge in [0, 0.05) is 35.2 Å². The van der Waals surface area contributed by atoms with Crippen LogP contribution in [0.2, 0.25) is 0 Å². The van der Waals surface area contributed by atoms with E-state index in [0.29, 0.717) is 22.9 Å². The van der Waals surface area contributed by atoms with Crippen molar-refractivity contribution in [3.05, 3.63) is 30.0 Å². The molecule has 7 heteroatoms. The van der Waals surface area contributed by atoms with Crippen LogP contribution in [0.3, 0.4) is 0 Å². The fourth-order valence-electron chi connectivity index (χ4n) is 2.85. The van der Waals surface area contributed by atoms with Gasteiger partial charge in [0.1, 0.15) is 5.75 Å². The minimum Gasteiger partial charge on any atom is -0.507 e. The minimum absolute atomic E-state index is 0.0101. The molecule has 1 saturated carbocycles. The van der Waals surface area contributed by atoms with Gasteiger partial charge < -0.3 is 15.7 Å². The van der Waals surface area contributed by atoms with Gasteiger partial charge in [0.15, 0.2) is 0 Å². The van der Waals surface area contributed by atoms with Crippen molar-refractivity contribution in [3.8, 4) is 17.0 Å². The molecule has 1 aliphatic rings. The lowest BCUT2D eigenvalue weighted by Gasteiger charge is -2.12. The SMILES string of the molecule is CCC(C)NC(=O)n1nc(-c2ccc(NC(=O)C(C)C)cc2O)cc1C1CC1.